The van der Waals surface area contributed by atoms with Gasteiger partial charge in [0.1, 0.15) is 17.2 Å². The normalized spacial score (nSPS) is 12.5. The van der Waals surface area contributed by atoms with Gasteiger partial charge in [-0.3, -0.25) is 0 Å². The molecule has 0 bridgehead atoms. The number of hydrogen-bond acceptors (Lipinski definition) is 3. The van der Waals surface area contributed by atoms with Crippen molar-refractivity contribution in [1.82, 2.24) is 0 Å². The zero-order chi connectivity index (χ0) is 58.5. The van der Waals surface area contributed by atoms with Crippen LogP contribution in [0.25, 0.3) is 0 Å². The van der Waals surface area contributed by atoms with E-state index in [9.17, 15) is 15.3 Å². The Morgan fingerprint density at radius 2 is 0.405 bits per heavy atom. The van der Waals surface area contributed by atoms with Gasteiger partial charge in [0, 0.05) is 38.5 Å². The highest BCUT2D eigenvalue weighted by molar-refractivity contribution is 5.62. The second-order valence-corrected chi connectivity index (χ2v) is 23.9. The van der Waals surface area contributed by atoms with E-state index in [1.54, 1.807) is 0 Å². The maximum atomic E-state index is 12.4. The lowest BCUT2D eigenvalue weighted by molar-refractivity contribution is 0.463. The van der Waals surface area contributed by atoms with Crippen LogP contribution in [0.4, 0.5) is 0 Å². The maximum absolute atomic E-state index is 12.4. The Hall–Kier alpha value is -8.40. The first kappa shape index (κ1) is 58.8. The standard InChI is InChI=1S/C81H84O3/c1-7-55(4)76-73(52-64-46-67(40-58-28-16-10-17-29-58)79(82)68(47-64)41-59-30-18-11-19-31-59)77(56(5)8-2)75(54-66-50-71(44-62-36-24-14-25-37-62)81(84)72(51-66)45-63-38-26-15-27-39-63)78(57(6)9-3)74(76)53-65-48-69(42-60-32-20-12-21-33-60)80(83)70(49-65)43-61-34-22-13-23-35-61/h10-39,46-51,55-57,82-84H,7-9,40-45,52-54H2,1-6H3. The molecule has 3 heteroatoms. The molecule has 0 aliphatic carbocycles. The molecule has 3 N–H and O–H groups in total. The minimum atomic E-state index is 0.215. The van der Waals surface area contributed by atoms with E-state index in [-0.39, 0.29) is 17.8 Å². The monoisotopic (exact) mass is 1100 g/mol. The Morgan fingerprint density at radius 3 is 0.560 bits per heavy atom. The van der Waals surface area contributed by atoms with Crippen molar-refractivity contribution in [3.63, 3.8) is 0 Å². The smallest absolute Gasteiger partial charge is 0.122 e. The van der Waals surface area contributed by atoms with Gasteiger partial charge in [-0.25, -0.2) is 0 Å². The van der Waals surface area contributed by atoms with E-state index in [2.05, 4.69) is 260 Å². The third kappa shape index (κ3) is 14.1. The van der Waals surface area contributed by atoms with Crippen molar-refractivity contribution in [3.05, 3.63) is 335 Å². The fourth-order valence-electron chi connectivity index (χ4n) is 13.1. The fourth-order valence-corrected chi connectivity index (χ4v) is 13.1. The summed E-state index contributed by atoms with van der Waals surface area (Å²) in [5.41, 5.74) is 24.8. The van der Waals surface area contributed by atoms with E-state index in [0.29, 0.717) is 75.0 Å². The molecular formula is C81H84O3. The first-order valence-electron chi connectivity index (χ1n) is 30.9. The Balaban J connectivity index is 1.25. The first-order valence-corrected chi connectivity index (χ1v) is 30.9. The van der Waals surface area contributed by atoms with Crippen LogP contribution in [-0.4, -0.2) is 15.3 Å². The van der Waals surface area contributed by atoms with Crippen LogP contribution in [0.2, 0.25) is 0 Å². The molecule has 84 heavy (non-hydrogen) atoms. The number of aromatic hydroxyl groups is 3. The highest BCUT2D eigenvalue weighted by Gasteiger charge is 2.31. The topological polar surface area (TPSA) is 60.7 Å². The Kier molecular flexibility index (Phi) is 19.4. The van der Waals surface area contributed by atoms with E-state index in [1.165, 1.54) is 50.1 Å². The van der Waals surface area contributed by atoms with Gasteiger partial charge in [-0.1, -0.05) is 260 Å². The summed E-state index contributed by atoms with van der Waals surface area (Å²) in [5, 5.41) is 37.1. The molecule has 0 fully saturated rings. The SMILES string of the molecule is CCC(C)c1c(Cc2cc(Cc3ccccc3)c(O)c(Cc3ccccc3)c2)c(C(C)CC)c(Cc2cc(Cc3ccccc3)c(O)c(Cc3ccccc3)c2)c(C(C)CC)c1Cc1cc(Cc2ccccc2)c(O)c(Cc2ccccc2)c1. The lowest BCUT2D eigenvalue weighted by atomic mass is 9.70. The van der Waals surface area contributed by atoms with Crippen molar-refractivity contribution in [2.45, 2.75) is 136 Å². The molecule has 0 heterocycles. The lowest BCUT2D eigenvalue weighted by Gasteiger charge is -2.34. The van der Waals surface area contributed by atoms with Crippen LogP contribution < -0.4 is 0 Å². The molecule has 3 atom stereocenters. The zero-order valence-electron chi connectivity index (χ0n) is 50.3. The summed E-state index contributed by atoms with van der Waals surface area (Å²) in [6, 6.07) is 77.2. The molecule has 3 nitrogen and oxygen atoms in total. The van der Waals surface area contributed by atoms with Crippen molar-refractivity contribution >= 4 is 0 Å². The van der Waals surface area contributed by atoms with Crippen LogP contribution in [0.1, 0.15) is 195 Å². The molecule has 0 saturated carbocycles. The minimum absolute atomic E-state index is 0.215. The molecule has 10 rings (SSSR count). The van der Waals surface area contributed by atoms with Gasteiger partial charge in [-0.2, -0.15) is 0 Å². The molecule has 0 radical (unpaired) electrons. The van der Waals surface area contributed by atoms with Gasteiger partial charge in [-0.05, 0) is 173 Å². The Bertz CT molecular complexity index is 3150. The van der Waals surface area contributed by atoms with E-state index in [4.69, 9.17) is 0 Å². The second kappa shape index (κ2) is 27.8. The van der Waals surface area contributed by atoms with Crippen LogP contribution in [0.5, 0.6) is 17.2 Å². The molecule has 10 aromatic carbocycles. The van der Waals surface area contributed by atoms with E-state index in [1.807, 2.05) is 0 Å². The molecule has 0 aliphatic heterocycles. The predicted molar refractivity (Wildman–Crippen MR) is 351 cm³/mol. The molecule has 10 aromatic rings. The zero-order valence-corrected chi connectivity index (χ0v) is 50.3. The third-order valence-electron chi connectivity index (χ3n) is 17.8. The number of rotatable bonds is 24. The predicted octanol–water partition coefficient (Wildman–Crippen LogP) is 19.7. The average Bonchev–Trinajstić information content (AvgIpc) is 1.16. The molecule has 3 unspecified atom stereocenters. The molecule has 0 aromatic heterocycles. The Morgan fingerprint density at radius 1 is 0.238 bits per heavy atom. The van der Waals surface area contributed by atoms with Gasteiger partial charge >= 0.3 is 0 Å². The van der Waals surface area contributed by atoms with Gasteiger partial charge in [-0.15, -0.1) is 0 Å². The summed E-state index contributed by atoms with van der Waals surface area (Å²) >= 11 is 0. The molecule has 0 spiro atoms. The number of phenols is 3. The molecule has 426 valence electrons. The number of benzene rings is 10. The average molecular weight is 1110 g/mol. The van der Waals surface area contributed by atoms with E-state index < -0.39 is 0 Å². The van der Waals surface area contributed by atoms with Crippen molar-refractivity contribution in [2.24, 2.45) is 0 Å². The van der Waals surface area contributed by atoms with Crippen molar-refractivity contribution in [1.29, 1.82) is 0 Å². The van der Waals surface area contributed by atoms with Gasteiger partial charge in [0.05, 0.1) is 0 Å². The van der Waals surface area contributed by atoms with Gasteiger partial charge in [0.25, 0.3) is 0 Å². The van der Waals surface area contributed by atoms with Gasteiger partial charge in [0.2, 0.25) is 0 Å². The molecule has 0 amide bonds. The maximum Gasteiger partial charge on any atom is 0.122 e. The number of hydrogen-bond donors (Lipinski definition) is 3. The van der Waals surface area contributed by atoms with Crippen molar-refractivity contribution in [3.8, 4) is 17.2 Å². The summed E-state index contributed by atoms with van der Waals surface area (Å²) < 4.78 is 0. The first-order chi connectivity index (χ1) is 41.0. The highest BCUT2D eigenvalue weighted by atomic mass is 16.3. The third-order valence-corrected chi connectivity index (χ3v) is 17.8. The largest absolute Gasteiger partial charge is 0.507 e. The number of phenolic OH excluding ortho intramolecular Hbond substituents is 3. The van der Waals surface area contributed by atoms with E-state index >= 15 is 0 Å². The Labute approximate surface area is 501 Å². The van der Waals surface area contributed by atoms with Crippen molar-refractivity contribution in [2.75, 3.05) is 0 Å². The quantitative estimate of drug-likeness (QED) is 0.0565. The second-order valence-electron chi connectivity index (χ2n) is 23.9. The van der Waals surface area contributed by atoms with Crippen molar-refractivity contribution < 1.29 is 15.3 Å². The van der Waals surface area contributed by atoms with Crippen LogP contribution in [0.3, 0.4) is 0 Å². The van der Waals surface area contributed by atoms with Crippen LogP contribution in [-0.2, 0) is 57.8 Å². The summed E-state index contributed by atoms with van der Waals surface area (Å²) in [7, 11) is 0. The van der Waals surface area contributed by atoms with Crippen LogP contribution in [0, 0.1) is 0 Å². The minimum Gasteiger partial charge on any atom is -0.507 e. The van der Waals surface area contributed by atoms with Gasteiger partial charge in [0.15, 0.2) is 0 Å². The van der Waals surface area contributed by atoms with Crippen LogP contribution in [0.15, 0.2) is 218 Å². The summed E-state index contributed by atoms with van der Waals surface area (Å²) in [4.78, 5) is 0. The summed E-state index contributed by atoms with van der Waals surface area (Å²) in [6.07, 6.45) is 8.72. The summed E-state index contributed by atoms with van der Waals surface area (Å²) in [6.45, 7) is 14.4. The fraction of sp³-hybridized carbons (Fsp3) is 0.259. The summed E-state index contributed by atoms with van der Waals surface area (Å²) in [5.74, 6) is 1.77. The molecule has 0 saturated heterocycles. The van der Waals surface area contributed by atoms with Gasteiger partial charge < -0.3 is 15.3 Å². The van der Waals surface area contributed by atoms with Crippen LogP contribution >= 0.6 is 0 Å². The molecule has 0 aliphatic rings. The van der Waals surface area contributed by atoms with E-state index in [0.717, 1.165) is 86.0 Å². The highest BCUT2D eigenvalue weighted by Crippen LogP contribution is 2.46. The lowest BCUT2D eigenvalue weighted by Crippen LogP contribution is -2.19. The molecular weight excluding hydrogens is 1020 g/mol.